The maximum atomic E-state index is 5.97. The molecule has 0 radical (unpaired) electrons. The van der Waals surface area contributed by atoms with E-state index in [9.17, 15) is 0 Å². The number of ether oxygens (including phenoxy) is 1. The van der Waals surface area contributed by atoms with Crippen LogP contribution >= 0.6 is 11.3 Å². The predicted molar refractivity (Wildman–Crippen MR) is 70.3 cm³/mol. The Hall–Kier alpha value is -0.490. The molecule has 4 nitrogen and oxygen atoms in total. The third-order valence-corrected chi connectivity index (χ3v) is 3.69. The van der Waals surface area contributed by atoms with Crippen LogP contribution in [0.2, 0.25) is 0 Å². The monoisotopic (exact) mass is 255 g/mol. The van der Waals surface area contributed by atoms with Crippen molar-refractivity contribution in [3.05, 3.63) is 16.6 Å². The Labute approximate surface area is 107 Å². The van der Waals surface area contributed by atoms with Crippen molar-refractivity contribution in [1.29, 1.82) is 0 Å². The molecular weight excluding hydrogens is 234 g/mol. The van der Waals surface area contributed by atoms with E-state index in [2.05, 4.69) is 27.6 Å². The average Bonchev–Trinajstić information content (AvgIpc) is 2.91. The number of likely N-dealkylation sites (N-methyl/N-ethyl adjacent to an activating group) is 2. The van der Waals surface area contributed by atoms with Crippen molar-refractivity contribution in [2.45, 2.75) is 31.6 Å². The molecule has 5 heteroatoms. The standard InChI is InChI=1S/C12H21N3OS/c1-13-5-11-3-4-12(16-11)7-15(2)6-10-8-17-9-14-10/h8-9,11-13H,3-7H2,1-2H3. The van der Waals surface area contributed by atoms with Crippen LogP contribution < -0.4 is 5.32 Å². The summed E-state index contributed by atoms with van der Waals surface area (Å²) in [7, 11) is 4.11. The molecule has 1 saturated heterocycles. The highest BCUT2D eigenvalue weighted by atomic mass is 32.1. The van der Waals surface area contributed by atoms with E-state index in [1.54, 1.807) is 11.3 Å². The quantitative estimate of drug-likeness (QED) is 0.832. The van der Waals surface area contributed by atoms with Crippen LogP contribution in [0.25, 0.3) is 0 Å². The van der Waals surface area contributed by atoms with Crippen molar-refractivity contribution in [1.82, 2.24) is 15.2 Å². The first-order chi connectivity index (χ1) is 8.28. The molecular formula is C12H21N3OS. The van der Waals surface area contributed by atoms with Gasteiger partial charge >= 0.3 is 0 Å². The largest absolute Gasteiger partial charge is 0.372 e. The first-order valence-corrected chi connectivity index (χ1v) is 7.08. The molecule has 1 aliphatic heterocycles. The topological polar surface area (TPSA) is 37.4 Å². The maximum Gasteiger partial charge on any atom is 0.0795 e. The Kier molecular flexibility index (Phi) is 4.91. The molecule has 1 aromatic rings. The normalized spacial score (nSPS) is 24.6. The van der Waals surface area contributed by atoms with Gasteiger partial charge in [0.1, 0.15) is 0 Å². The Morgan fingerprint density at radius 2 is 2.35 bits per heavy atom. The molecule has 1 aliphatic rings. The van der Waals surface area contributed by atoms with E-state index in [1.165, 1.54) is 12.8 Å². The molecule has 2 unspecified atom stereocenters. The summed E-state index contributed by atoms with van der Waals surface area (Å²) < 4.78 is 5.97. The van der Waals surface area contributed by atoms with Crippen LogP contribution in [0.3, 0.4) is 0 Å². The van der Waals surface area contributed by atoms with E-state index in [0.29, 0.717) is 12.2 Å². The predicted octanol–water partition coefficient (Wildman–Crippen LogP) is 1.34. The van der Waals surface area contributed by atoms with Crippen LogP contribution in [-0.2, 0) is 11.3 Å². The van der Waals surface area contributed by atoms with Gasteiger partial charge in [-0.25, -0.2) is 4.98 Å². The minimum atomic E-state index is 0.386. The first-order valence-electron chi connectivity index (χ1n) is 6.13. The van der Waals surface area contributed by atoms with Crippen LogP contribution in [0.4, 0.5) is 0 Å². The number of hydrogen-bond donors (Lipinski definition) is 1. The van der Waals surface area contributed by atoms with Gasteiger partial charge in [0, 0.05) is 25.0 Å². The summed E-state index contributed by atoms with van der Waals surface area (Å²) in [4.78, 5) is 6.59. The van der Waals surface area contributed by atoms with Gasteiger partial charge in [-0.15, -0.1) is 11.3 Å². The summed E-state index contributed by atoms with van der Waals surface area (Å²) in [5.74, 6) is 0. The third-order valence-electron chi connectivity index (χ3n) is 3.06. The molecule has 0 spiro atoms. The van der Waals surface area contributed by atoms with E-state index >= 15 is 0 Å². The zero-order chi connectivity index (χ0) is 12.1. The summed E-state index contributed by atoms with van der Waals surface area (Å²) >= 11 is 1.65. The second-order valence-electron chi connectivity index (χ2n) is 4.69. The molecule has 2 atom stereocenters. The molecule has 17 heavy (non-hydrogen) atoms. The molecule has 0 amide bonds. The molecule has 2 rings (SSSR count). The minimum absolute atomic E-state index is 0.386. The highest BCUT2D eigenvalue weighted by Crippen LogP contribution is 2.20. The number of rotatable bonds is 6. The van der Waals surface area contributed by atoms with Gasteiger partial charge in [0.15, 0.2) is 0 Å². The Bertz CT molecular complexity index is 318. The second-order valence-corrected chi connectivity index (χ2v) is 5.41. The average molecular weight is 255 g/mol. The summed E-state index contributed by atoms with van der Waals surface area (Å²) in [5, 5.41) is 5.28. The Balaban J connectivity index is 1.70. The third kappa shape index (κ3) is 4.03. The molecule has 0 bridgehead atoms. The fourth-order valence-corrected chi connectivity index (χ4v) is 2.85. The Morgan fingerprint density at radius 1 is 1.53 bits per heavy atom. The lowest BCUT2D eigenvalue weighted by Crippen LogP contribution is -2.30. The van der Waals surface area contributed by atoms with Crippen molar-refractivity contribution >= 4 is 11.3 Å². The first kappa shape index (κ1) is 13.0. The van der Waals surface area contributed by atoms with Crippen molar-refractivity contribution in [3.8, 4) is 0 Å². The van der Waals surface area contributed by atoms with Crippen LogP contribution in [0.1, 0.15) is 18.5 Å². The van der Waals surface area contributed by atoms with E-state index in [-0.39, 0.29) is 0 Å². The number of hydrogen-bond acceptors (Lipinski definition) is 5. The molecule has 96 valence electrons. The van der Waals surface area contributed by atoms with Crippen molar-refractivity contribution in [2.75, 3.05) is 27.2 Å². The molecule has 1 fully saturated rings. The summed E-state index contributed by atoms with van der Waals surface area (Å²) in [6, 6.07) is 0. The summed E-state index contributed by atoms with van der Waals surface area (Å²) in [5.41, 5.74) is 3.04. The molecule has 0 saturated carbocycles. The molecule has 1 N–H and O–H groups in total. The zero-order valence-corrected chi connectivity index (χ0v) is 11.4. The van der Waals surface area contributed by atoms with Gasteiger partial charge in [-0.3, -0.25) is 4.90 Å². The maximum absolute atomic E-state index is 5.97. The van der Waals surface area contributed by atoms with E-state index < -0.39 is 0 Å². The highest BCUT2D eigenvalue weighted by Gasteiger charge is 2.25. The van der Waals surface area contributed by atoms with Crippen molar-refractivity contribution < 1.29 is 4.74 Å². The van der Waals surface area contributed by atoms with Crippen LogP contribution in [0.5, 0.6) is 0 Å². The lowest BCUT2D eigenvalue weighted by molar-refractivity contribution is 0.0274. The van der Waals surface area contributed by atoms with Crippen molar-refractivity contribution in [2.24, 2.45) is 0 Å². The molecule has 2 heterocycles. The minimum Gasteiger partial charge on any atom is -0.372 e. The summed E-state index contributed by atoms with van der Waals surface area (Å²) in [6.45, 7) is 2.88. The van der Waals surface area contributed by atoms with Crippen molar-refractivity contribution in [3.63, 3.8) is 0 Å². The fraction of sp³-hybridized carbons (Fsp3) is 0.750. The van der Waals surface area contributed by atoms with E-state index in [4.69, 9.17) is 4.74 Å². The zero-order valence-electron chi connectivity index (χ0n) is 10.6. The molecule has 0 aliphatic carbocycles. The Morgan fingerprint density at radius 3 is 3.06 bits per heavy atom. The van der Waals surface area contributed by atoms with Gasteiger partial charge in [-0.1, -0.05) is 0 Å². The van der Waals surface area contributed by atoms with Gasteiger partial charge < -0.3 is 10.1 Å². The number of nitrogens with one attached hydrogen (secondary N) is 1. The van der Waals surface area contributed by atoms with Gasteiger partial charge in [0.2, 0.25) is 0 Å². The number of thiazole rings is 1. The lowest BCUT2D eigenvalue weighted by atomic mass is 10.2. The number of nitrogens with zero attached hydrogens (tertiary/aromatic N) is 2. The smallest absolute Gasteiger partial charge is 0.0795 e. The van der Waals surface area contributed by atoms with E-state index in [0.717, 1.165) is 25.3 Å². The van der Waals surface area contributed by atoms with Crippen LogP contribution in [0.15, 0.2) is 10.9 Å². The lowest BCUT2D eigenvalue weighted by Gasteiger charge is -2.20. The van der Waals surface area contributed by atoms with Crippen LogP contribution in [-0.4, -0.2) is 49.3 Å². The van der Waals surface area contributed by atoms with Gasteiger partial charge in [0.05, 0.1) is 23.4 Å². The molecule has 1 aromatic heterocycles. The second kappa shape index (κ2) is 6.44. The van der Waals surface area contributed by atoms with Gasteiger partial charge in [-0.05, 0) is 26.9 Å². The molecule has 0 aromatic carbocycles. The van der Waals surface area contributed by atoms with Gasteiger partial charge in [0.25, 0.3) is 0 Å². The van der Waals surface area contributed by atoms with E-state index in [1.807, 2.05) is 12.6 Å². The SMILES string of the molecule is CNCC1CCC(CN(C)Cc2cscn2)O1. The highest BCUT2D eigenvalue weighted by molar-refractivity contribution is 7.07. The summed E-state index contributed by atoms with van der Waals surface area (Å²) in [6.07, 6.45) is 3.14. The van der Waals surface area contributed by atoms with Crippen LogP contribution in [0, 0.1) is 0 Å². The number of aromatic nitrogens is 1. The fourth-order valence-electron chi connectivity index (χ4n) is 2.30. The van der Waals surface area contributed by atoms with Gasteiger partial charge in [-0.2, -0.15) is 0 Å².